The van der Waals surface area contributed by atoms with Gasteiger partial charge in [-0.2, -0.15) is 0 Å². The zero-order chi connectivity index (χ0) is 22.7. The van der Waals surface area contributed by atoms with Gasteiger partial charge in [0.15, 0.2) is 0 Å². The van der Waals surface area contributed by atoms with Gasteiger partial charge in [0.05, 0.1) is 19.8 Å². The number of aromatic nitrogens is 2. The molecule has 0 unspecified atom stereocenters. The third kappa shape index (κ3) is 4.56. The molecule has 166 valence electrons. The Kier molecular flexibility index (Phi) is 6.61. The van der Waals surface area contributed by atoms with Crippen molar-refractivity contribution in [2.24, 2.45) is 0 Å². The Balaban J connectivity index is 1.45. The van der Waals surface area contributed by atoms with E-state index in [9.17, 15) is 9.59 Å². The van der Waals surface area contributed by atoms with E-state index in [2.05, 4.69) is 15.5 Å². The predicted molar refractivity (Wildman–Crippen MR) is 125 cm³/mol. The average Bonchev–Trinajstić information content (AvgIpc) is 3.45. The molecule has 4 rings (SSSR count). The molecule has 8 nitrogen and oxygen atoms in total. The van der Waals surface area contributed by atoms with Crippen LogP contribution in [-0.4, -0.2) is 49.0 Å². The second-order valence-corrected chi connectivity index (χ2v) is 8.96. The average molecular weight is 471 g/mol. The first-order valence-electron chi connectivity index (χ1n) is 9.83. The smallest absolute Gasteiger partial charge is 0.261 e. The molecule has 1 saturated heterocycles. The summed E-state index contributed by atoms with van der Waals surface area (Å²) in [6.07, 6.45) is 2.30. The largest absolute Gasteiger partial charge is 0.497 e. The maximum absolute atomic E-state index is 12.7. The summed E-state index contributed by atoms with van der Waals surface area (Å²) in [5, 5.41) is 12.2. The summed E-state index contributed by atoms with van der Waals surface area (Å²) in [6, 6.07) is 12.8. The normalized spacial score (nSPS) is 15.7. The number of methoxy groups -OCH3 is 2. The summed E-state index contributed by atoms with van der Waals surface area (Å²) in [4.78, 5) is 28.0. The van der Waals surface area contributed by atoms with Gasteiger partial charge < -0.3 is 14.4 Å². The van der Waals surface area contributed by atoms with E-state index in [4.69, 9.17) is 9.47 Å². The summed E-state index contributed by atoms with van der Waals surface area (Å²) in [7, 11) is 3.14. The van der Waals surface area contributed by atoms with Crippen LogP contribution < -0.4 is 19.7 Å². The maximum atomic E-state index is 12.7. The van der Waals surface area contributed by atoms with Crippen molar-refractivity contribution in [3.8, 4) is 11.5 Å². The highest BCUT2D eigenvalue weighted by Gasteiger charge is 2.34. The van der Waals surface area contributed by atoms with E-state index >= 15 is 0 Å². The van der Waals surface area contributed by atoms with E-state index in [1.165, 1.54) is 18.4 Å². The highest BCUT2D eigenvalue weighted by atomic mass is 32.2. The van der Waals surface area contributed by atoms with Crippen molar-refractivity contribution >= 4 is 45.7 Å². The van der Waals surface area contributed by atoms with Gasteiger partial charge in [-0.25, -0.2) is 0 Å². The molecule has 32 heavy (non-hydrogen) atoms. The number of nitrogens with one attached hydrogen (secondary N) is 1. The zero-order valence-electron chi connectivity index (χ0n) is 17.8. The molecule has 0 radical (unpaired) electrons. The van der Waals surface area contributed by atoms with Crippen molar-refractivity contribution in [2.75, 3.05) is 37.2 Å². The first-order valence-corrected chi connectivity index (χ1v) is 11.9. The van der Waals surface area contributed by atoms with Crippen LogP contribution in [0.15, 0.2) is 47.4 Å². The minimum atomic E-state index is -0.320. The van der Waals surface area contributed by atoms with E-state index in [1.54, 1.807) is 29.8 Å². The lowest BCUT2D eigenvalue weighted by Gasteiger charge is -2.16. The Hall–Kier alpha value is -3.11. The molecule has 3 aromatic rings. The second kappa shape index (κ2) is 9.58. The number of hydrogen-bond donors (Lipinski definition) is 1. The molecule has 0 aliphatic carbocycles. The van der Waals surface area contributed by atoms with E-state index < -0.39 is 0 Å². The molecule has 1 atom stereocenters. The Morgan fingerprint density at radius 1 is 1.16 bits per heavy atom. The monoisotopic (exact) mass is 470 g/mol. The third-order valence-corrected chi connectivity index (χ3v) is 6.90. The van der Waals surface area contributed by atoms with Gasteiger partial charge in [-0.05, 0) is 48.7 Å². The third-order valence-electron chi connectivity index (χ3n) is 5.17. The second-order valence-electron chi connectivity index (χ2n) is 7.07. The minimum Gasteiger partial charge on any atom is -0.497 e. The molecule has 1 aromatic heterocycles. The molecule has 1 aliphatic heterocycles. The highest BCUT2D eigenvalue weighted by molar-refractivity contribution is 7.98. The fraction of sp³-hybridized carbons (Fsp3) is 0.273. The molecule has 2 heterocycles. The fourth-order valence-electron chi connectivity index (χ4n) is 3.49. The van der Waals surface area contributed by atoms with E-state index in [1.807, 2.05) is 42.7 Å². The summed E-state index contributed by atoms with van der Waals surface area (Å²) in [5.41, 5.74) is 1.24. The molecule has 10 heteroatoms. The van der Waals surface area contributed by atoms with Gasteiger partial charge in [0, 0.05) is 29.5 Å². The quantitative estimate of drug-likeness (QED) is 0.521. The van der Waals surface area contributed by atoms with Crippen LogP contribution in [0.1, 0.15) is 27.7 Å². The fourth-order valence-corrected chi connectivity index (χ4v) is 4.74. The van der Waals surface area contributed by atoms with Crippen LogP contribution in [0.3, 0.4) is 0 Å². The van der Waals surface area contributed by atoms with Crippen molar-refractivity contribution < 1.29 is 19.1 Å². The van der Waals surface area contributed by atoms with Gasteiger partial charge in [0.1, 0.15) is 16.5 Å². The summed E-state index contributed by atoms with van der Waals surface area (Å²) >= 11 is 2.85. The molecular formula is C22H22N4O4S2. The number of carbonyl (C=O) groups is 2. The number of benzene rings is 2. The number of carbonyl (C=O) groups excluding carboxylic acids is 2. The molecule has 0 bridgehead atoms. The van der Waals surface area contributed by atoms with Crippen LogP contribution >= 0.6 is 23.1 Å². The van der Waals surface area contributed by atoms with E-state index in [0.717, 1.165) is 16.3 Å². The number of amides is 2. The zero-order valence-corrected chi connectivity index (χ0v) is 19.5. The molecule has 1 fully saturated rings. The SMILES string of the molecule is COc1ccc(N2C[C@@H](c3nnc(NC(=O)c4ccc(SC)cc4OC)s3)CC2=O)cc1. The number of anilines is 2. The Morgan fingerprint density at radius 2 is 1.94 bits per heavy atom. The first kappa shape index (κ1) is 22.1. The molecule has 2 amide bonds. The summed E-state index contributed by atoms with van der Waals surface area (Å²) < 4.78 is 10.5. The maximum Gasteiger partial charge on any atom is 0.261 e. The van der Waals surface area contributed by atoms with Crippen LogP contribution in [0.2, 0.25) is 0 Å². The molecule has 0 spiro atoms. The molecule has 1 aliphatic rings. The predicted octanol–water partition coefficient (Wildman–Crippen LogP) is 4.05. The van der Waals surface area contributed by atoms with Crippen LogP contribution in [0, 0.1) is 0 Å². The number of ether oxygens (including phenoxy) is 2. The highest BCUT2D eigenvalue weighted by Crippen LogP contribution is 2.35. The van der Waals surface area contributed by atoms with Crippen LogP contribution in [-0.2, 0) is 4.79 Å². The topological polar surface area (TPSA) is 93.7 Å². The molecule has 0 saturated carbocycles. The van der Waals surface area contributed by atoms with Crippen molar-refractivity contribution in [3.63, 3.8) is 0 Å². The van der Waals surface area contributed by atoms with Crippen LogP contribution in [0.4, 0.5) is 10.8 Å². The number of thioether (sulfide) groups is 1. The van der Waals surface area contributed by atoms with Crippen molar-refractivity contribution in [3.05, 3.63) is 53.0 Å². The lowest BCUT2D eigenvalue weighted by atomic mass is 10.1. The minimum absolute atomic E-state index is 0.0274. The van der Waals surface area contributed by atoms with Gasteiger partial charge >= 0.3 is 0 Å². The van der Waals surface area contributed by atoms with Crippen LogP contribution in [0.25, 0.3) is 0 Å². The molecule has 2 aromatic carbocycles. The van der Waals surface area contributed by atoms with Gasteiger partial charge in [-0.15, -0.1) is 22.0 Å². The van der Waals surface area contributed by atoms with Gasteiger partial charge in [-0.3, -0.25) is 14.9 Å². The van der Waals surface area contributed by atoms with Crippen molar-refractivity contribution in [1.82, 2.24) is 10.2 Å². The summed E-state index contributed by atoms with van der Waals surface area (Å²) in [5.74, 6) is 0.860. The van der Waals surface area contributed by atoms with Gasteiger partial charge in [-0.1, -0.05) is 11.3 Å². The number of hydrogen-bond acceptors (Lipinski definition) is 8. The van der Waals surface area contributed by atoms with Gasteiger partial charge in [0.2, 0.25) is 11.0 Å². The Morgan fingerprint density at radius 3 is 2.62 bits per heavy atom. The molecular weight excluding hydrogens is 448 g/mol. The first-order chi connectivity index (χ1) is 15.5. The summed E-state index contributed by atoms with van der Waals surface area (Å²) in [6.45, 7) is 0.512. The van der Waals surface area contributed by atoms with Crippen molar-refractivity contribution in [1.29, 1.82) is 0 Å². The Bertz CT molecular complexity index is 1130. The number of rotatable bonds is 7. The van der Waals surface area contributed by atoms with Crippen molar-refractivity contribution in [2.45, 2.75) is 17.2 Å². The lowest BCUT2D eigenvalue weighted by Crippen LogP contribution is -2.24. The molecule has 1 N–H and O–H groups in total. The van der Waals surface area contributed by atoms with Crippen LogP contribution in [0.5, 0.6) is 11.5 Å². The standard InChI is InChI=1S/C22H22N4O4S2/c1-29-15-6-4-14(5-7-15)26-12-13(10-19(26)27)21-24-25-22(32-21)23-20(28)17-9-8-16(31-3)11-18(17)30-2/h4-9,11,13H,10,12H2,1-3H3,(H,23,25,28)/t13-/m0/s1. The number of nitrogens with zero attached hydrogens (tertiary/aromatic N) is 3. The lowest BCUT2D eigenvalue weighted by molar-refractivity contribution is -0.117. The van der Waals surface area contributed by atoms with Gasteiger partial charge in [0.25, 0.3) is 5.91 Å². The Labute approximate surface area is 193 Å². The van der Waals surface area contributed by atoms with E-state index in [0.29, 0.717) is 34.4 Å². The van der Waals surface area contributed by atoms with E-state index in [-0.39, 0.29) is 17.7 Å².